The van der Waals surface area contributed by atoms with Gasteiger partial charge in [-0.3, -0.25) is 4.79 Å². The summed E-state index contributed by atoms with van der Waals surface area (Å²) in [5.74, 6) is -0.565. The van der Waals surface area contributed by atoms with Crippen molar-refractivity contribution < 1.29 is 13.2 Å². The van der Waals surface area contributed by atoms with Gasteiger partial charge < -0.3 is 5.73 Å². The fourth-order valence-corrected chi connectivity index (χ4v) is 2.74. The van der Waals surface area contributed by atoms with E-state index in [1.807, 2.05) is 0 Å². The average Bonchev–Trinajstić information content (AvgIpc) is 2.21. The molecule has 0 radical (unpaired) electrons. The van der Waals surface area contributed by atoms with E-state index in [-0.39, 0.29) is 17.9 Å². The van der Waals surface area contributed by atoms with Crippen LogP contribution in [0.25, 0.3) is 0 Å². The Bertz CT molecular complexity index is 533. The van der Waals surface area contributed by atoms with Gasteiger partial charge in [-0.2, -0.15) is 0 Å². The molecule has 0 aliphatic carbocycles. The maximum absolute atomic E-state index is 11.8. The van der Waals surface area contributed by atoms with Gasteiger partial charge in [0.25, 0.3) is 0 Å². The van der Waals surface area contributed by atoms with Crippen LogP contribution < -0.4 is 10.5 Å². The van der Waals surface area contributed by atoms with Gasteiger partial charge in [0.2, 0.25) is 15.9 Å². The van der Waals surface area contributed by atoms with Crippen molar-refractivity contribution in [1.29, 1.82) is 0 Å². The molecule has 0 fully saturated rings. The van der Waals surface area contributed by atoms with Crippen molar-refractivity contribution in [2.45, 2.75) is 11.3 Å². The SMILES string of the molecule is NC(=O)CCNS(=O)(=O)c1ccc(Cl)c(Br)c1. The predicted molar refractivity (Wildman–Crippen MR) is 68.2 cm³/mol. The molecule has 3 N–H and O–H groups in total. The second kappa shape index (κ2) is 5.81. The third-order valence-electron chi connectivity index (χ3n) is 1.86. The molecule has 17 heavy (non-hydrogen) atoms. The molecular formula is C9H10BrClN2O3S. The zero-order valence-corrected chi connectivity index (χ0v) is 11.8. The molecule has 0 saturated heterocycles. The number of nitrogens with two attached hydrogens (primary N) is 1. The van der Waals surface area contributed by atoms with Crippen LogP contribution in [0.1, 0.15) is 6.42 Å². The average molecular weight is 342 g/mol. The van der Waals surface area contributed by atoms with Gasteiger partial charge in [-0.05, 0) is 34.1 Å². The summed E-state index contributed by atoms with van der Waals surface area (Å²) in [7, 11) is -3.64. The number of nitrogens with one attached hydrogen (secondary N) is 1. The molecule has 8 heteroatoms. The zero-order valence-electron chi connectivity index (χ0n) is 8.61. The maximum Gasteiger partial charge on any atom is 0.240 e. The molecule has 1 rings (SSSR count). The van der Waals surface area contributed by atoms with Crippen molar-refractivity contribution in [3.8, 4) is 0 Å². The highest BCUT2D eigenvalue weighted by molar-refractivity contribution is 9.10. The van der Waals surface area contributed by atoms with Gasteiger partial charge in [-0.15, -0.1) is 0 Å². The van der Waals surface area contributed by atoms with Gasteiger partial charge in [-0.1, -0.05) is 11.6 Å². The number of hydrogen-bond donors (Lipinski definition) is 2. The molecule has 0 atom stereocenters. The van der Waals surface area contributed by atoms with Gasteiger partial charge in [0.15, 0.2) is 0 Å². The van der Waals surface area contributed by atoms with Crippen LogP contribution >= 0.6 is 27.5 Å². The lowest BCUT2D eigenvalue weighted by Crippen LogP contribution is -2.28. The van der Waals surface area contributed by atoms with E-state index < -0.39 is 15.9 Å². The number of hydrogen-bond acceptors (Lipinski definition) is 3. The number of sulfonamides is 1. The molecule has 0 aliphatic rings. The Kier molecular flexibility index (Phi) is 4.93. The van der Waals surface area contributed by atoms with Crippen LogP contribution in [0.3, 0.4) is 0 Å². The monoisotopic (exact) mass is 340 g/mol. The first kappa shape index (κ1) is 14.4. The lowest BCUT2D eigenvalue weighted by molar-refractivity contribution is -0.117. The zero-order chi connectivity index (χ0) is 13.1. The van der Waals surface area contributed by atoms with Crippen molar-refractivity contribution in [1.82, 2.24) is 4.72 Å². The van der Waals surface area contributed by atoms with Gasteiger partial charge in [0.1, 0.15) is 0 Å². The van der Waals surface area contributed by atoms with Crippen LogP contribution in [0.2, 0.25) is 5.02 Å². The van der Waals surface area contributed by atoms with Crippen LogP contribution in [0.5, 0.6) is 0 Å². The molecule has 0 spiro atoms. The molecule has 1 amide bonds. The smallest absolute Gasteiger partial charge is 0.240 e. The summed E-state index contributed by atoms with van der Waals surface area (Å²) >= 11 is 8.88. The van der Waals surface area contributed by atoms with E-state index in [9.17, 15) is 13.2 Å². The minimum Gasteiger partial charge on any atom is -0.370 e. The van der Waals surface area contributed by atoms with E-state index >= 15 is 0 Å². The molecular weight excluding hydrogens is 332 g/mol. The standard InChI is InChI=1S/C9H10BrClN2O3S/c10-7-5-6(1-2-8(7)11)17(15,16)13-4-3-9(12)14/h1-2,5,13H,3-4H2,(H2,12,14). The molecule has 0 saturated carbocycles. The minimum absolute atomic E-state index is 0.0298. The first-order chi connectivity index (χ1) is 7.83. The Morgan fingerprint density at radius 2 is 2.12 bits per heavy atom. The Morgan fingerprint density at radius 3 is 2.65 bits per heavy atom. The largest absolute Gasteiger partial charge is 0.370 e. The molecule has 0 bridgehead atoms. The lowest BCUT2D eigenvalue weighted by Gasteiger charge is -2.06. The summed E-state index contributed by atoms with van der Waals surface area (Å²) in [4.78, 5) is 10.6. The van der Waals surface area contributed by atoms with Crippen molar-refractivity contribution in [2.24, 2.45) is 5.73 Å². The third-order valence-corrected chi connectivity index (χ3v) is 4.54. The number of amides is 1. The molecule has 1 aromatic carbocycles. The highest BCUT2D eigenvalue weighted by atomic mass is 79.9. The van der Waals surface area contributed by atoms with Crippen LogP contribution in [-0.2, 0) is 14.8 Å². The van der Waals surface area contributed by atoms with E-state index in [1.165, 1.54) is 18.2 Å². The first-order valence-electron chi connectivity index (χ1n) is 4.56. The van der Waals surface area contributed by atoms with Crippen LogP contribution in [-0.4, -0.2) is 20.9 Å². The van der Waals surface area contributed by atoms with Crippen LogP contribution in [0.4, 0.5) is 0 Å². The topological polar surface area (TPSA) is 89.3 Å². The summed E-state index contributed by atoms with van der Waals surface area (Å²) in [5.41, 5.74) is 4.91. The molecule has 5 nitrogen and oxygen atoms in total. The minimum atomic E-state index is -3.64. The summed E-state index contributed by atoms with van der Waals surface area (Å²) in [6.07, 6.45) is -0.0476. The van der Waals surface area contributed by atoms with E-state index in [2.05, 4.69) is 20.7 Å². The highest BCUT2D eigenvalue weighted by Crippen LogP contribution is 2.25. The van der Waals surface area contributed by atoms with Crippen molar-refractivity contribution in [3.05, 3.63) is 27.7 Å². The quantitative estimate of drug-likeness (QED) is 0.845. The summed E-state index contributed by atoms with van der Waals surface area (Å²) in [6, 6.07) is 4.23. The number of primary amides is 1. The Morgan fingerprint density at radius 1 is 1.47 bits per heavy atom. The normalized spacial score (nSPS) is 11.4. The van der Waals surface area contributed by atoms with E-state index in [1.54, 1.807) is 0 Å². The summed E-state index contributed by atoms with van der Waals surface area (Å²) in [5, 5.41) is 0.418. The van der Waals surface area contributed by atoms with Gasteiger partial charge in [0.05, 0.1) is 9.92 Å². The molecule has 0 unspecified atom stereocenters. The van der Waals surface area contributed by atoms with Gasteiger partial charge in [-0.25, -0.2) is 13.1 Å². The van der Waals surface area contributed by atoms with E-state index in [0.717, 1.165) is 0 Å². The predicted octanol–water partition coefficient (Wildman–Crippen LogP) is 1.26. The second-order valence-corrected chi connectivity index (χ2v) is 6.22. The number of halogens is 2. The Hall–Kier alpha value is -0.630. The molecule has 0 heterocycles. The first-order valence-corrected chi connectivity index (χ1v) is 7.21. The second-order valence-electron chi connectivity index (χ2n) is 3.19. The third kappa shape index (κ3) is 4.27. The van der Waals surface area contributed by atoms with Crippen molar-refractivity contribution in [3.63, 3.8) is 0 Å². The fourth-order valence-electron chi connectivity index (χ4n) is 1.04. The van der Waals surface area contributed by atoms with Crippen LogP contribution in [0, 0.1) is 0 Å². The number of benzene rings is 1. The highest BCUT2D eigenvalue weighted by Gasteiger charge is 2.14. The Balaban J connectivity index is 2.82. The van der Waals surface area contributed by atoms with Crippen molar-refractivity contribution in [2.75, 3.05) is 6.54 Å². The molecule has 1 aromatic rings. The maximum atomic E-state index is 11.8. The van der Waals surface area contributed by atoms with E-state index in [0.29, 0.717) is 9.50 Å². The molecule has 0 aliphatic heterocycles. The fraction of sp³-hybridized carbons (Fsp3) is 0.222. The van der Waals surface area contributed by atoms with Crippen molar-refractivity contribution >= 4 is 43.5 Å². The molecule has 0 aromatic heterocycles. The number of carbonyl (C=O) groups excluding carboxylic acids is 1. The number of rotatable bonds is 5. The summed E-state index contributed by atoms with van der Waals surface area (Å²) < 4.78 is 26.2. The summed E-state index contributed by atoms with van der Waals surface area (Å²) in [6.45, 7) is -0.0298. The van der Waals surface area contributed by atoms with Gasteiger partial charge in [0, 0.05) is 17.4 Å². The van der Waals surface area contributed by atoms with Crippen LogP contribution in [0.15, 0.2) is 27.6 Å². The molecule has 94 valence electrons. The Labute approximate surface area is 113 Å². The van der Waals surface area contributed by atoms with Gasteiger partial charge >= 0.3 is 0 Å². The van der Waals surface area contributed by atoms with E-state index in [4.69, 9.17) is 17.3 Å². The number of carbonyl (C=O) groups is 1. The lowest BCUT2D eigenvalue weighted by atomic mass is 10.4.